The number of methoxy groups -OCH3 is 1. The van der Waals surface area contributed by atoms with Gasteiger partial charge in [0.15, 0.2) is 5.82 Å². The largest absolute Gasteiger partial charge is 0.497 e. The molecular formula is C14H17N5O2. The Morgan fingerprint density at radius 1 is 1.29 bits per heavy atom. The molecular weight excluding hydrogens is 270 g/mol. The van der Waals surface area contributed by atoms with Crippen molar-refractivity contribution in [2.75, 3.05) is 43.6 Å². The van der Waals surface area contributed by atoms with Crippen LogP contribution >= 0.6 is 0 Å². The first-order valence-corrected chi connectivity index (χ1v) is 6.78. The molecule has 1 aromatic carbocycles. The highest BCUT2D eigenvalue weighted by molar-refractivity contribution is 5.58. The second-order valence-corrected chi connectivity index (χ2v) is 4.60. The van der Waals surface area contributed by atoms with Crippen LogP contribution in [0, 0.1) is 0 Å². The van der Waals surface area contributed by atoms with Gasteiger partial charge in [-0.2, -0.15) is 10.1 Å². The number of nitrogens with zero attached hydrogens (tertiary/aromatic N) is 4. The number of hydrogen-bond donors (Lipinski definition) is 1. The van der Waals surface area contributed by atoms with Gasteiger partial charge in [0, 0.05) is 24.8 Å². The van der Waals surface area contributed by atoms with Gasteiger partial charge in [-0.05, 0) is 12.1 Å². The van der Waals surface area contributed by atoms with Crippen molar-refractivity contribution in [3.8, 4) is 5.75 Å². The van der Waals surface area contributed by atoms with Gasteiger partial charge in [-0.3, -0.25) is 0 Å². The van der Waals surface area contributed by atoms with Gasteiger partial charge in [0.25, 0.3) is 0 Å². The topological polar surface area (TPSA) is 72.4 Å². The number of benzene rings is 1. The molecule has 0 unspecified atom stereocenters. The van der Waals surface area contributed by atoms with E-state index >= 15 is 0 Å². The second-order valence-electron chi connectivity index (χ2n) is 4.60. The predicted molar refractivity (Wildman–Crippen MR) is 79.1 cm³/mol. The zero-order valence-electron chi connectivity index (χ0n) is 11.8. The van der Waals surface area contributed by atoms with Crippen molar-refractivity contribution in [2.45, 2.75) is 0 Å². The Hall–Kier alpha value is -2.41. The van der Waals surface area contributed by atoms with Crippen molar-refractivity contribution >= 4 is 17.5 Å². The van der Waals surface area contributed by atoms with E-state index in [9.17, 15) is 0 Å². The normalized spacial score (nSPS) is 14.8. The number of anilines is 3. The molecule has 0 amide bonds. The fourth-order valence-corrected chi connectivity index (χ4v) is 2.10. The molecule has 7 heteroatoms. The smallest absolute Gasteiger partial charge is 0.247 e. The van der Waals surface area contributed by atoms with E-state index in [0.29, 0.717) is 25.0 Å². The Kier molecular flexibility index (Phi) is 4.11. The fourth-order valence-electron chi connectivity index (χ4n) is 2.10. The van der Waals surface area contributed by atoms with Crippen molar-refractivity contribution in [3.63, 3.8) is 0 Å². The van der Waals surface area contributed by atoms with Crippen molar-refractivity contribution in [2.24, 2.45) is 0 Å². The average Bonchev–Trinajstić information content (AvgIpc) is 2.56. The van der Waals surface area contributed by atoms with Crippen LogP contribution in [-0.2, 0) is 4.74 Å². The zero-order chi connectivity index (χ0) is 14.5. The van der Waals surface area contributed by atoms with E-state index in [4.69, 9.17) is 9.47 Å². The Balaban J connectivity index is 1.76. The maximum absolute atomic E-state index is 5.33. The lowest BCUT2D eigenvalue weighted by atomic mass is 10.3. The summed E-state index contributed by atoms with van der Waals surface area (Å²) in [5, 5.41) is 11.3. The Morgan fingerprint density at radius 2 is 2.14 bits per heavy atom. The lowest BCUT2D eigenvalue weighted by molar-refractivity contribution is 0.122. The van der Waals surface area contributed by atoms with Crippen LogP contribution < -0.4 is 15.0 Å². The summed E-state index contributed by atoms with van der Waals surface area (Å²) in [5.41, 5.74) is 0.891. The fraction of sp³-hybridized carbons (Fsp3) is 0.357. The number of hydrogen-bond acceptors (Lipinski definition) is 7. The first kappa shape index (κ1) is 13.6. The van der Waals surface area contributed by atoms with Crippen LogP contribution in [0.3, 0.4) is 0 Å². The van der Waals surface area contributed by atoms with Crippen LogP contribution in [0.1, 0.15) is 0 Å². The maximum Gasteiger partial charge on any atom is 0.247 e. The van der Waals surface area contributed by atoms with Crippen LogP contribution in [0.5, 0.6) is 5.75 Å². The lowest BCUT2D eigenvalue weighted by Crippen LogP contribution is -2.37. The summed E-state index contributed by atoms with van der Waals surface area (Å²) < 4.78 is 10.5. The summed E-state index contributed by atoms with van der Waals surface area (Å²) in [5.74, 6) is 2.06. The molecule has 110 valence electrons. The second kappa shape index (κ2) is 6.36. The van der Waals surface area contributed by atoms with Crippen LogP contribution in [0.15, 0.2) is 30.5 Å². The molecule has 0 spiro atoms. The van der Waals surface area contributed by atoms with Gasteiger partial charge in [0.05, 0.1) is 26.5 Å². The summed E-state index contributed by atoms with van der Waals surface area (Å²) in [7, 11) is 1.64. The van der Waals surface area contributed by atoms with Crippen molar-refractivity contribution in [1.29, 1.82) is 0 Å². The minimum absolute atomic E-state index is 0.617. The van der Waals surface area contributed by atoms with E-state index in [2.05, 4.69) is 25.4 Å². The third kappa shape index (κ3) is 3.38. The van der Waals surface area contributed by atoms with Crippen molar-refractivity contribution in [1.82, 2.24) is 15.2 Å². The number of morpholine rings is 1. The van der Waals surface area contributed by atoms with Gasteiger partial charge < -0.3 is 19.7 Å². The van der Waals surface area contributed by atoms with E-state index in [1.807, 2.05) is 24.3 Å². The third-order valence-electron chi connectivity index (χ3n) is 3.18. The molecule has 1 N–H and O–H groups in total. The molecule has 2 heterocycles. The highest BCUT2D eigenvalue weighted by Gasteiger charge is 2.14. The maximum atomic E-state index is 5.33. The highest BCUT2D eigenvalue weighted by atomic mass is 16.5. The molecule has 1 aliphatic heterocycles. The zero-order valence-corrected chi connectivity index (χ0v) is 11.8. The number of ether oxygens (including phenoxy) is 2. The minimum Gasteiger partial charge on any atom is -0.497 e. The molecule has 1 saturated heterocycles. The van der Waals surface area contributed by atoms with Gasteiger partial charge >= 0.3 is 0 Å². The van der Waals surface area contributed by atoms with Gasteiger partial charge in [-0.1, -0.05) is 6.07 Å². The molecule has 1 aliphatic rings. The van der Waals surface area contributed by atoms with Crippen molar-refractivity contribution < 1.29 is 9.47 Å². The van der Waals surface area contributed by atoms with E-state index in [-0.39, 0.29) is 0 Å². The Morgan fingerprint density at radius 3 is 2.95 bits per heavy atom. The molecule has 21 heavy (non-hydrogen) atoms. The van der Waals surface area contributed by atoms with E-state index in [1.54, 1.807) is 13.3 Å². The van der Waals surface area contributed by atoms with Gasteiger partial charge in [0.1, 0.15) is 5.75 Å². The van der Waals surface area contributed by atoms with Gasteiger partial charge in [-0.15, -0.1) is 5.10 Å². The molecule has 1 aromatic heterocycles. The average molecular weight is 287 g/mol. The molecule has 0 saturated carbocycles. The molecule has 7 nitrogen and oxygen atoms in total. The van der Waals surface area contributed by atoms with Gasteiger partial charge in [0.2, 0.25) is 5.95 Å². The highest BCUT2D eigenvalue weighted by Crippen LogP contribution is 2.20. The molecule has 0 bridgehead atoms. The lowest BCUT2D eigenvalue weighted by Gasteiger charge is -2.26. The molecule has 0 radical (unpaired) electrons. The Bertz CT molecular complexity index is 601. The summed E-state index contributed by atoms with van der Waals surface area (Å²) in [6, 6.07) is 7.65. The number of nitrogens with one attached hydrogen (secondary N) is 1. The van der Waals surface area contributed by atoms with Gasteiger partial charge in [-0.25, -0.2) is 0 Å². The van der Waals surface area contributed by atoms with E-state index < -0.39 is 0 Å². The predicted octanol–water partition coefficient (Wildman–Crippen LogP) is 1.46. The molecule has 0 aliphatic carbocycles. The summed E-state index contributed by atoms with van der Waals surface area (Å²) in [6.07, 6.45) is 1.60. The first-order chi connectivity index (χ1) is 10.3. The number of aromatic nitrogens is 3. The summed E-state index contributed by atoms with van der Waals surface area (Å²) in [6.45, 7) is 2.95. The van der Waals surface area contributed by atoms with E-state index in [1.165, 1.54) is 0 Å². The number of rotatable bonds is 4. The standard InChI is InChI=1S/C14H17N5O2/c1-20-12-4-2-3-11(9-12)16-13-10-15-18-14(17-13)19-5-7-21-8-6-19/h2-4,9-10H,5-8H2,1H3,(H,16,17,18). The van der Waals surface area contributed by atoms with Crippen molar-refractivity contribution in [3.05, 3.63) is 30.5 Å². The quantitative estimate of drug-likeness (QED) is 0.912. The molecule has 2 aromatic rings. The van der Waals surface area contributed by atoms with Crippen LogP contribution in [0.25, 0.3) is 0 Å². The minimum atomic E-state index is 0.617. The molecule has 1 fully saturated rings. The molecule has 3 rings (SSSR count). The van der Waals surface area contributed by atoms with Crippen LogP contribution in [-0.4, -0.2) is 48.6 Å². The monoisotopic (exact) mass is 287 g/mol. The van der Waals surface area contributed by atoms with E-state index in [0.717, 1.165) is 24.5 Å². The first-order valence-electron chi connectivity index (χ1n) is 6.78. The Labute approximate surface area is 122 Å². The van der Waals surface area contributed by atoms with Crippen LogP contribution in [0.2, 0.25) is 0 Å². The summed E-state index contributed by atoms with van der Waals surface area (Å²) >= 11 is 0. The molecule has 0 atom stereocenters. The van der Waals surface area contributed by atoms with Crippen LogP contribution in [0.4, 0.5) is 17.5 Å². The summed E-state index contributed by atoms with van der Waals surface area (Å²) in [4.78, 5) is 6.55. The SMILES string of the molecule is COc1cccc(Nc2cnnc(N3CCOCC3)n2)c1. The third-order valence-corrected chi connectivity index (χ3v) is 3.18.